The van der Waals surface area contributed by atoms with Crippen LogP contribution in [0.1, 0.15) is 53.7 Å². The maximum atomic E-state index is 13.4. The summed E-state index contributed by atoms with van der Waals surface area (Å²) in [5, 5.41) is 3.29. The molecule has 1 saturated heterocycles. The van der Waals surface area contributed by atoms with Gasteiger partial charge in [-0.3, -0.25) is 4.90 Å². The first-order chi connectivity index (χ1) is 14.6. The van der Waals surface area contributed by atoms with Crippen molar-refractivity contribution in [3.05, 3.63) is 64.7 Å². The van der Waals surface area contributed by atoms with Crippen LogP contribution in [0.5, 0.6) is 0 Å². The summed E-state index contributed by atoms with van der Waals surface area (Å²) in [6, 6.07) is 12.7. The molecule has 1 N–H and O–H groups in total. The molecule has 3 rings (SSSR count). The van der Waals surface area contributed by atoms with Crippen molar-refractivity contribution in [3.8, 4) is 0 Å². The van der Waals surface area contributed by atoms with Crippen molar-refractivity contribution in [2.45, 2.75) is 64.5 Å². The van der Waals surface area contributed by atoms with Crippen molar-refractivity contribution >= 4 is 11.7 Å². The van der Waals surface area contributed by atoms with Gasteiger partial charge in [-0.25, -0.2) is 4.79 Å². The number of nitrogens with zero attached hydrogens (tertiary/aromatic N) is 1. The van der Waals surface area contributed by atoms with Crippen LogP contribution in [0, 0.1) is 6.92 Å². The standard InChI is InChI=1S/C24H29F3N2O2/c1-15-10-20(11-16(2)29(15)14-18-8-6-5-7-9-18)28-22-13-19(24(25,26)27)12-21(17(22)3)23(30)31-4/h5-9,12-13,15-16,20,28H,10-11,14H2,1-4H3/t15-,16-/m1/s1. The zero-order valence-corrected chi connectivity index (χ0v) is 18.3. The zero-order valence-electron chi connectivity index (χ0n) is 18.3. The van der Waals surface area contributed by atoms with Crippen LogP contribution in [0.25, 0.3) is 0 Å². The third-order valence-electron chi connectivity index (χ3n) is 6.09. The molecule has 168 valence electrons. The molecule has 0 saturated carbocycles. The molecule has 2 aromatic rings. The second-order valence-electron chi connectivity index (χ2n) is 8.35. The van der Waals surface area contributed by atoms with E-state index in [0.29, 0.717) is 11.3 Å². The molecule has 0 aliphatic carbocycles. The van der Waals surface area contributed by atoms with Gasteiger partial charge in [0, 0.05) is 30.4 Å². The van der Waals surface area contributed by atoms with Crippen LogP contribution in [-0.2, 0) is 17.5 Å². The number of halogens is 3. The number of methoxy groups -OCH3 is 1. The van der Waals surface area contributed by atoms with E-state index in [1.165, 1.54) is 12.7 Å². The number of piperidine rings is 1. The summed E-state index contributed by atoms with van der Waals surface area (Å²) in [6.45, 7) is 6.77. The van der Waals surface area contributed by atoms with E-state index >= 15 is 0 Å². The first-order valence-corrected chi connectivity index (χ1v) is 10.5. The Kier molecular flexibility index (Phi) is 6.94. The number of ether oxygens (including phenoxy) is 1. The van der Waals surface area contributed by atoms with Gasteiger partial charge in [-0.1, -0.05) is 30.3 Å². The summed E-state index contributed by atoms with van der Waals surface area (Å²) in [4.78, 5) is 14.5. The number of rotatable bonds is 5. The molecule has 0 spiro atoms. The molecule has 2 atom stereocenters. The lowest BCUT2D eigenvalue weighted by atomic mass is 9.91. The van der Waals surface area contributed by atoms with Gasteiger partial charge in [0.15, 0.2) is 0 Å². The highest BCUT2D eigenvalue weighted by molar-refractivity contribution is 5.93. The normalized spacial score (nSPS) is 22.2. The Bertz CT molecular complexity index is 903. The van der Waals surface area contributed by atoms with E-state index in [1.807, 2.05) is 18.2 Å². The van der Waals surface area contributed by atoms with Crippen molar-refractivity contribution in [3.63, 3.8) is 0 Å². The minimum atomic E-state index is -4.55. The summed E-state index contributed by atoms with van der Waals surface area (Å²) < 4.78 is 45.0. The van der Waals surface area contributed by atoms with Gasteiger partial charge in [0.25, 0.3) is 0 Å². The first kappa shape index (κ1) is 23.1. The van der Waals surface area contributed by atoms with Gasteiger partial charge in [-0.2, -0.15) is 13.2 Å². The highest BCUT2D eigenvalue weighted by atomic mass is 19.4. The number of alkyl halides is 3. The average molecular weight is 435 g/mol. The Balaban J connectivity index is 1.80. The summed E-state index contributed by atoms with van der Waals surface area (Å²) >= 11 is 0. The van der Waals surface area contributed by atoms with Crippen molar-refractivity contribution < 1.29 is 22.7 Å². The molecule has 31 heavy (non-hydrogen) atoms. The number of carbonyl (C=O) groups excluding carboxylic acids is 1. The summed E-state index contributed by atoms with van der Waals surface area (Å²) in [6.07, 6.45) is -2.96. The molecule has 2 aromatic carbocycles. The van der Waals surface area contributed by atoms with E-state index in [9.17, 15) is 18.0 Å². The fourth-order valence-electron chi connectivity index (χ4n) is 4.42. The van der Waals surface area contributed by atoms with Crippen LogP contribution in [0.2, 0.25) is 0 Å². The van der Waals surface area contributed by atoms with Gasteiger partial charge in [0.1, 0.15) is 0 Å². The van der Waals surface area contributed by atoms with Gasteiger partial charge < -0.3 is 10.1 Å². The Morgan fingerprint density at radius 3 is 2.29 bits per heavy atom. The number of nitrogens with one attached hydrogen (secondary N) is 1. The van der Waals surface area contributed by atoms with Crippen LogP contribution < -0.4 is 5.32 Å². The van der Waals surface area contributed by atoms with Crippen LogP contribution in [-0.4, -0.2) is 36.1 Å². The molecular formula is C24H29F3N2O2. The Hall–Kier alpha value is -2.54. The minimum absolute atomic E-state index is 0.00436. The third-order valence-corrected chi connectivity index (χ3v) is 6.09. The fourth-order valence-corrected chi connectivity index (χ4v) is 4.42. The Morgan fingerprint density at radius 1 is 1.13 bits per heavy atom. The lowest BCUT2D eigenvalue weighted by Crippen LogP contribution is -2.49. The van der Waals surface area contributed by atoms with E-state index in [-0.39, 0.29) is 23.7 Å². The molecule has 7 heteroatoms. The first-order valence-electron chi connectivity index (χ1n) is 10.5. The molecule has 0 amide bonds. The van der Waals surface area contributed by atoms with E-state index in [2.05, 4.69) is 36.2 Å². The predicted molar refractivity (Wildman–Crippen MR) is 115 cm³/mol. The van der Waals surface area contributed by atoms with E-state index in [0.717, 1.165) is 31.5 Å². The topological polar surface area (TPSA) is 41.6 Å². The number of anilines is 1. The SMILES string of the molecule is COC(=O)c1cc(C(F)(F)F)cc(NC2C[C@@H](C)N(Cc3ccccc3)[C@H](C)C2)c1C. The van der Waals surface area contributed by atoms with Crippen LogP contribution in [0.3, 0.4) is 0 Å². The summed E-state index contributed by atoms with van der Waals surface area (Å²) in [5.74, 6) is -0.772. The highest BCUT2D eigenvalue weighted by Gasteiger charge is 2.34. The van der Waals surface area contributed by atoms with Crippen molar-refractivity contribution in [1.82, 2.24) is 4.90 Å². The molecule has 1 aliphatic rings. The van der Waals surface area contributed by atoms with Gasteiger partial charge in [0.2, 0.25) is 0 Å². The number of esters is 1. The molecular weight excluding hydrogens is 405 g/mol. The number of likely N-dealkylation sites (tertiary alicyclic amines) is 1. The largest absolute Gasteiger partial charge is 0.465 e. The summed E-state index contributed by atoms with van der Waals surface area (Å²) in [7, 11) is 1.17. The maximum Gasteiger partial charge on any atom is 0.416 e. The second-order valence-corrected chi connectivity index (χ2v) is 8.35. The van der Waals surface area contributed by atoms with Crippen molar-refractivity contribution in [1.29, 1.82) is 0 Å². The van der Waals surface area contributed by atoms with Gasteiger partial charge in [0.05, 0.1) is 18.2 Å². The predicted octanol–water partition coefficient (Wildman–Crippen LogP) is 5.65. The van der Waals surface area contributed by atoms with Crippen LogP contribution in [0.4, 0.5) is 18.9 Å². The third kappa shape index (κ3) is 5.39. The molecule has 1 aliphatic heterocycles. The highest BCUT2D eigenvalue weighted by Crippen LogP contribution is 2.36. The van der Waals surface area contributed by atoms with Crippen LogP contribution >= 0.6 is 0 Å². The molecule has 0 aromatic heterocycles. The number of benzene rings is 2. The molecule has 0 unspecified atom stereocenters. The average Bonchev–Trinajstić information content (AvgIpc) is 2.71. The molecule has 0 bridgehead atoms. The summed E-state index contributed by atoms with van der Waals surface area (Å²) in [5.41, 5.74) is 1.11. The molecule has 0 radical (unpaired) electrons. The second kappa shape index (κ2) is 9.30. The monoisotopic (exact) mass is 434 g/mol. The Morgan fingerprint density at radius 2 is 1.74 bits per heavy atom. The molecule has 4 nitrogen and oxygen atoms in total. The van der Waals surface area contributed by atoms with E-state index in [4.69, 9.17) is 4.74 Å². The van der Waals surface area contributed by atoms with Gasteiger partial charge >= 0.3 is 12.1 Å². The van der Waals surface area contributed by atoms with E-state index < -0.39 is 17.7 Å². The maximum absolute atomic E-state index is 13.4. The molecule has 1 fully saturated rings. The van der Waals surface area contributed by atoms with Gasteiger partial charge in [-0.05, 0) is 56.9 Å². The Labute approximate surface area is 181 Å². The quantitative estimate of drug-likeness (QED) is 0.617. The molecule has 1 heterocycles. The smallest absolute Gasteiger partial charge is 0.416 e. The van der Waals surface area contributed by atoms with E-state index in [1.54, 1.807) is 6.92 Å². The van der Waals surface area contributed by atoms with Crippen molar-refractivity contribution in [2.75, 3.05) is 12.4 Å². The number of hydrogen-bond acceptors (Lipinski definition) is 4. The lowest BCUT2D eigenvalue weighted by molar-refractivity contribution is -0.137. The lowest BCUT2D eigenvalue weighted by Gasteiger charge is -2.43. The number of hydrogen-bond donors (Lipinski definition) is 1. The zero-order chi connectivity index (χ0) is 22.8. The van der Waals surface area contributed by atoms with Crippen LogP contribution in [0.15, 0.2) is 42.5 Å². The van der Waals surface area contributed by atoms with Gasteiger partial charge in [-0.15, -0.1) is 0 Å². The fraction of sp³-hybridized carbons (Fsp3) is 0.458. The number of carbonyl (C=O) groups is 1. The minimum Gasteiger partial charge on any atom is -0.465 e. The van der Waals surface area contributed by atoms with Crippen molar-refractivity contribution in [2.24, 2.45) is 0 Å².